The van der Waals surface area contributed by atoms with Gasteiger partial charge in [-0.25, -0.2) is 4.98 Å². The summed E-state index contributed by atoms with van der Waals surface area (Å²) in [4.78, 5) is 16.6. The van der Waals surface area contributed by atoms with Gasteiger partial charge in [0.1, 0.15) is 5.65 Å². The molecular formula is C18H25N3O. The van der Waals surface area contributed by atoms with Crippen molar-refractivity contribution in [3.63, 3.8) is 0 Å². The average Bonchev–Trinajstić information content (AvgIpc) is 2.94. The average molecular weight is 299 g/mol. The number of nitrogens with zero attached hydrogens (tertiary/aromatic N) is 2. The molecule has 1 fully saturated rings. The number of nitrogens with one attached hydrogen (secondary N) is 1. The quantitative estimate of drug-likeness (QED) is 0.921. The van der Waals surface area contributed by atoms with Crippen LogP contribution in [0.4, 0.5) is 0 Å². The topological polar surface area (TPSA) is 46.9 Å². The third kappa shape index (κ3) is 3.16. The van der Waals surface area contributed by atoms with Gasteiger partial charge in [-0.2, -0.15) is 0 Å². The largest absolute Gasteiger partial charge is 0.356 e. The van der Waals surface area contributed by atoms with Crippen LogP contribution in [-0.2, 0) is 17.8 Å². The lowest BCUT2D eigenvalue weighted by Crippen LogP contribution is -2.33. The molecule has 0 saturated heterocycles. The molecule has 0 spiro atoms. The first-order chi connectivity index (χ1) is 10.8. The summed E-state index contributed by atoms with van der Waals surface area (Å²) < 4.78 is 2.17. The van der Waals surface area contributed by atoms with E-state index in [4.69, 9.17) is 0 Å². The number of rotatable bonds is 5. The first kappa shape index (κ1) is 15.1. The van der Waals surface area contributed by atoms with E-state index in [1.54, 1.807) is 0 Å². The molecule has 2 heterocycles. The van der Waals surface area contributed by atoms with Crippen LogP contribution in [0.2, 0.25) is 0 Å². The first-order valence-corrected chi connectivity index (χ1v) is 8.50. The van der Waals surface area contributed by atoms with Gasteiger partial charge >= 0.3 is 0 Å². The highest BCUT2D eigenvalue weighted by atomic mass is 16.1. The van der Waals surface area contributed by atoms with Gasteiger partial charge < -0.3 is 9.88 Å². The molecule has 0 atom stereocenters. The van der Waals surface area contributed by atoms with Crippen molar-refractivity contribution in [1.29, 1.82) is 0 Å². The molecule has 0 radical (unpaired) electrons. The lowest BCUT2D eigenvalue weighted by Gasteiger charge is -2.20. The summed E-state index contributed by atoms with van der Waals surface area (Å²) in [6.45, 7) is 3.76. The van der Waals surface area contributed by atoms with Gasteiger partial charge in [0.15, 0.2) is 0 Å². The van der Waals surface area contributed by atoms with E-state index in [-0.39, 0.29) is 11.8 Å². The third-order valence-corrected chi connectivity index (χ3v) is 4.73. The molecule has 0 bridgehead atoms. The number of hydrogen-bond acceptors (Lipinski definition) is 2. The number of amides is 1. The van der Waals surface area contributed by atoms with Gasteiger partial charge in [-0.3, -0.25) is 4.79 Å². The smallest absolute Gasteiger partial charge is 0.223 e. The van der Waals surface area contributed by atoms with Crippen LogP contribution in [0, 0.1) is 5.92 Å². The number of carbonyl (C=O) groups excluding carboxylic acids is 1. The predicted octanol–water partition coefficient (Wildman–Crippen LogP) is 3.30. The first-order valence-electron chi connectivity index (χ1n) is 8.50. The Bertz CT molecular complexity index is 641. The Hall–Kier alpha value is -1.84. The maximum atomic E-state index is 12.2. The van der Waals surface area contributed by atoms with Crippen molar-refractivity contribution in [3.05, 3.63) is 30.1 Å². The van der Waals surface area contributed by atoms with Gasteiger partial charge in [-0.1, -0.05) is 19.3 Å². The van der Waals surface area contributed by atoms with E-state index >= 15 is 0 Å². The van der Waals surface area contributed by atoms with Crippen molar-refractivity contribution >= 4 is 16.9 Å². The molecular weight excluding hydrogens is 274 g/mol. The summed E-state index contributed by atoms with van der Waals surface area (Å²) in [5.41, 5.74) is 2.31. The second-order valence-corrected chi connectivity index (χ2v) is 6.19. The highest BCUT2D eigenvalue weighted by Gasteiger charge is 2.20. The summed E-state index contributed by atoms with van der Waals surface area (Å²) in [6.07, 6.45) is 10.7. The molecule has 0 aliphatic heterocycles. The van der Waals surface area contributed by atoms with Crippen LogP contribution >= 0.6 is 0 Å². The Kier molecular flexibility index (Phi) is 4.76. The van der Waals surface area contributed by atoms with Crippen molar-refractivity contribution in [3.8, 4) is 0 Å². The summed E-state index contributed by atoms with van der Waals surface area (Å²) >= 11 is 0. The zero-order valence-electron chi connectivity index (χ0n) is 13.3. The molecule has 2 aromatic heterocycles. The van der Waals surface area contributed by atoms with Gasteiger partial charge in [0.25, 0.3) is 0 Å². The molecule has 2 aromatic rings. The highest BCUT2D eigenvalue weighted by Crippen LogP contribution is 2.24. The maximum Gasteiger partial charge on any atom is 0.223 e. The lowest BCUT2D eigenvalue weighted by molar-refractivity contribution is -0.125. The molecule has 1 saturated carbocycles. The molecule has 3 rings (SSSR count). The van der Waals surface area contributed by atoms with Gasteiger partial charge in [0.2, 0.25) is 5.91 Å². The van der Waals surface area contributed by atoms with Crippen LogP contribution in [0.5, 0.6) is 0 Å². The second kappa shape index (κ2) is 6.95. The lowest BCUT2D eigenvalue weighted by atomic mass is 9.88. The molecule has 0 aromatic carbocycles. The van der Waals surface area contributed by atoms with Crippen molar-refractivity contribution in [2.75, 3.05) is 6.54 Å². The van der Waals surface area contributed by atoms with Crippen molar-refractivity contribution in [1.82, 2.24) is 14.9 Å². The number of hydrogen-bond donors (Lipinski definition) is 1. The molecule has 1 N–H and O–H groups in total. The summed E-state index contributed by atoms with van der Waals surface area (Å²) in [5.74, 6) is 0.490. The minimum Gasteiger partial charge on any atom is -0.356 e. The van der Waals surface area contributed by atoms with E-state index < -0.39 is 0 Å². The van der Waals surface area contributed by atoms with Crippen molar-refractivity contribution < 1.29 is 4.79 Å². The van der Waals surface area contributed by atoms with Gasteiger partial charge in [-0.15, -0.1) is 0 Å². The summed E-state index contributed by atoms with van der Waals surface area (Å²) in [7, 11) is 0. The van der Waals surface area contributed by atoms with E-state index in [0.29, 0.717) is 6.54 Å². The van der Waals surface area contributed by atoms with E-state index in [9.17, 15) is 4.79 Å². The van der Waals surface area contributed by atoms with Crippen LogP contribution in [0.3, 0.4) is 0 Å². The van der Waals surface area contributed by atoms with Crippen LogP contribution in [0.15, 0.2) is 24.5 Å². The fraction of sp³-hybridized carbons (Fsp3) is 0.556. The Morgan fingerprint density at radius 2 is 2.18 bits per heavy atom. The van der Waals surface area contributed by atoms with E-state index in [1.165, 1.54) is 30.2 Å². The zero-order chi connectivity index (χ0) is 15.4. The SMILES string of the molecule is CCn1cc(CCNC(=O)C2CCCCC2)c2cccnc21. The van der Waals surface area contributed by atoms with E-state index in [0.717, 1.165) is 31.5 Å². The summed E-state index contributed by atoms with van der Waals surface area (Å²) in [5, 5.41) is 4.33. The number of pyridine rings is 1. The third-order valence-electron chi connectivity index (χ3n) is 4.73. The Balaban J connectivity index is 1.60. The van der Waals surface area contributed by atoms with Crippen molar-refractivity contribution in [2.45, 2.75) is 52.0 Å². The normalized spacial score (nSPS) is 16.0. The number of aromatic nitrogens is 2. The minimum atomic E-state index is 0.243. The maximum absolute atomic E-state index is 12.2. The molecule has 22 heavy (non-hydrogen) atoms. The fourth-order valence-corrected chi connectivity index (χ4v) is 3.47. The van der Waals surface area contributed by atoms with Gasteiger partial charge in [0.05, 0.1) is 0 Å². The van der Waals surface area contributed by atoms with Crippen LogP contribution in [0.1, 0.15) is 44.6 Å². The monoisotopic (exact) mass is 299 g/mol. The number of carbonyl (C=O) groups is 1. The van der Waals surface area contributed by atoms with Gasteiger partial charge in [-0.05, 0) is 43.9 Å². The molecule has 0 unspecified atom stereocenters. The van der Waals surface area contributed by atoms with Crippen LogP contribution < -0.4 is 5.32 Å². The molecule has 118 valence electrons. The Morgan fingerprint density at radius 1 is 1.36 bits per heavy atom. The highest BCUT2D eigenvalue weighted by molar-refractivity contribution is 5.81. The number of aryl methyl sites for hydroxylation is 1. The Labute approximate surface area is 131 Å². The Morgan fingerprint density at radius 3 is 2.95 bits per heavy atom. The predicted molar refractivity (Wildman–Crippen MR) is 88.7 cm³/mol. The second-order valence-electron chi connectivity index (χ2n) is 6.19. The summed E-state index contributed by atoms with van der Waals surface area (Å²) in [6, 6.07) is 4.10. The molecule has 1 aliphatic rings. The fourth-order valence-electron chi connectivity index (χ4n) is 3.47. The van der Waals surface area contributed by atoms with Gasteiger partial charge in [0, 0.05) is 36.8 Å². The zero-order valence-corrected chi connectivity index (χ0v) is 13.3. The van der Waals surface area contributed by atoms with E-state index in [1.807, 2.05) is 12.3 Å². The van der Waals surface area contributed by atoms with Crippen LogP contribution in [-0.4, -0.2) is 22.0 Å². The van der Waals surface area contributed by atoms with Crippen LogP contribution in [0.25, 0.3) is 11.0 Å². The molecule has 4 heteroatoms. The molecule has 1 aliphatic carbocycles. The standard InChI is InChI=1S/C18H25N3O/c1-2-21-13-15(16-9-6-11-19-17(16)21)10-12-20-18(22)14-7-4-3-5-8-14/h6,9,11,13-14H,2-5,7-8,10,12H2,1H3,(H,20,22). The van der Waals surface area contributed by atoms with Crippen molar-refractivity contribution in [2.24, 2.45) is 5.92 Å². The van der Waals surface area contributed by atoms with E-state index in [2.05, 4.69) is 34.1 Å². The minimum absolute atomic E-state index is 0.243. The number of fused-ring (bicyclic) bond motifs is 1. The molecule has 4 nitrogen and oxygen atoms in total. The molecule has 1 amide bonds.